The number of aryl methyl sites for hydroxylation is 1. The van der Waals surface area contributed by atoms with Crippen molar-refractivity contribution in [2.24, 2.45) is 0 Å². The molecule has 5 rings (SSSR count). The molecule has 0 spiro atoms. The highest BCUT2D eigenvalue weighted by Crippen LogP contribution is 2.43. The molecule has 28 heavy (non-hydrogen) atoms. The lowest BCUT2D eigenvalue weighted by Gasteiger charge is -2.32. The Morgan fingerprint density at radius 1 is 0.857 bits per heavy atom. The van der Waals surface area contributed by atoms with Crippen LogP contribution >= 0.6 is 11.3 Å². The van der Waals surface area contributed by atoms with Crippen molar-refractivity contribution < 1.29 is 4.74 Å². The largest absolute Gasteiger partial charge is 0.473 e. The van der Waals surface area contributed by atoms with Gasteiger partial charge in [-0.05, 0) is 59.7 Å². The average Bonchev–Trinajstić information content (AvgIpc) is 3.20. The Morgan fingerprint density at radius 3 is 2.50 bits per heavy atom. The van der Waals surface area contributed by atoms with Crippen molar-refractivity contribution in [3.63, 3.8) is 0 Å². The molecule has 1 aromatic heterocycles. The molecule has 0 bridgehead atoms. The van der Waals surface area contributed by atoms with Gasteiger partial charge in [-0.15, -0.1) is 11.3 Å². The number of hydrogen-bond donors (Lipinski definition) is 0. The molecule has 1 atom stereocenters. The molecular weight excluding hydrogens is 360 g/mol. The first-order valence-electron chi connectivity index (χ1n) is 9.45. The number of benzene rings is 3. The Kier molecular flexibility index (Phi) is 4.14. The fraction of sp³-hybridized carbons (Fsp3) is 0.0769. The molecule has 1 aliphatic heterocycles. The summed E-state index contributed by atoms with van der Waals surface area (Å²) in [5.74, 6) is 0.921. The van der Waals surface area contributed by atoms with Crippen molar-refractivity contribution in [2.45, 2.75) is 12.5 Å². The van der Waals surface area contributed by atoms with Crippen LogP contribution in [-0.4, -0.2) is 0 Å². The molecule has 136 valence electrons. The minimum Gasteiger partial charge on any atom is -0.473 e. The molecule has 0 amide bonds. The van der Waals surface area contributed by atoms with E-state index in [1.54, 1.807) is 11.3 Å². The van der Waals surface area contributed by atoms with E-state index in [9.17, 15) is 0 Å². The van der Waals surface area contributed by atoms with Gasteiger partial charge in [-0.3, -0.25) is 0 Å². The van der Waals surface area contributed by atoms with E-state index in [0.29, 0.717) is 0 Å². The molecular formula is C26H20OS. The number of fused-ring (bicyclic) bond motifs is 3. The monoisotopic (exact) mass is 380 g/mol. The minimum atomic E-state index is -0.593. The van der Waals surface area contributed by atoms with E-state index in [0.717, 1.165) is 16.9 Å². The fourth-order valence-electron chi connectivity index (χ4n) is 3.69. The summed E-state index contributed by atoms with van der Waals surface area (Å²) < 4.78 is 6.69. The molecule has 2 heteroatoms. The van der Waals surface area contributed by atoms with Gasteiger partial charge < -0.3 is 4.74 Å². The van der Waals surface area contributed by atoms with Crippen LogP contribution in [0.2, 0.25) is 0 Å². The number of rotatable bonds is 3. The van der Waals surface area contributed by atoms with Gasteiger partial charge in [-0.1, -0.05) is 66.7 Å². The second-order valence-corrected chi connectivity index (χ2v) is 8.37. The lowest BCUT2D eigenvalue weighted by molar-refractivity contribution is 0.175. The number of ether oxygens (including phenoxy) is 1. The maximum Gasteiger partial charge on any atom is 0.180 e. The summed E-state index contributed by atoms with van der Waals surface area (Å²) in [5.41, 5.74) is 1.72. The van der Waals surface area contributed by atoms with Crippen LogP contribution in [0.25, 0.3) is 22.9 Å². The van der Waals surface area contributed by atoms with Gasteiger partial charge in [-0.25, -0.2) is 0 Å². The van der Waals surface area contributed by atoms with Crippen molar-refractivity contribution in [1.82, 2.24) is 0 Å². The molecule has 1 nitrogen and oxygen atoms in total. The van der Waals surface area contributed by atoms with Crippen LogP contribution in [0.1, 0.15) is 20.9 Å². The Morgan fingerprint density at radius 2 is 1.68 bits per heavy atom. The molecule has 0 aliphatic carbocycles. The highest BCUT2D eigenvalue weighted by molar-refractivity contribution is 7.12. The maximum atomic E-state index is 6.69. The molecule has 0 saturated carbocycles. The van der Waals surface area contributed by atoms with Crippen LogP contribution in [0.15, 0.2) is 91.0 Å². The Hall–Kier alpha value is -3.10. The highest BCUT2D eigenvalue weighted by Gasteiger charge is 2.34. The zero-order chi connectivity index (χ0) is 19.0. The van der Waals surface area contributed by atoms with Crippen molar-refractivity contribution >= 4 is 34.3 Å². The standard InChI is InChI=1S/C26H20OS/c1-19-11-14-25(28-19)26(17-15-20-7-3-2-4-8-20)18-16-23-22-10-6-5-9-21(22)12-13-24(23)27-26/h2-18H,1H3/b17-15+. The van der Waals surface area contributed by atoms with Crippen molar-refractivity contribution in [3.05, 3.63) is 112 Å². The average molecular weight is 381 g/mol. The molecule has 4 aromatic rings. The normalized spacial score (nSPS) is 18.3. The fourth-order valence-corrected chi connectivity index (χ4v) is 4.65. The van der Waals surface area contributed by atoms with E-state index in [4.69, 9.17) is 4.74 Å². The third-order valence-corrected chi connectivity index (χ3v) is 6.29. The highest BCUT2D eigenvalue weighted by atomic mass is 32.1. The van der Waals surface area contributed by atoms with Crippen LogP contribution in [-0.2, 0) is 5.60 Å². The molecule has 2 heterocycles. The number of hydrogen-bond acceptors (Lipinski definition) is 2. The van der Waals surface area contributed by atoms with Gasteiger partial charge in [0.25, 0.3) is 0 Å². The maximum absolute atomic E-state index is 6.69. The Balaban J connectivity index is 1.64. The summed E-state index contributed by atoms with van der Waals surface area (Å²) in [5, 5.41) is 2.45. The van der Waals surface area contributed by atoms with Gasteiger partial charge in [0.05, 0.1) is 4.88 Å². The van der Waals surface area contributed by atoms with Crippen LogP contribution in [0.4, 0.5) is 0 Å². The number of thiophene rings is 1. The predicted molar refractivity (Wildman–Crippen MR) is 120 cm³/mol. The molecule has 0 N–H and O–H groups in total. The molecule has 1 aliphatic rings. The van der Waals surface area contributed by atoms with Gasteiger partial charge in [0, 0.05) is 10.4 Å². The summed E-state index contributed by atoms with van der Waals surface area (Å²) in [6, 6.07) is 27.4. The van der Waals surface area contributed by atoms with Gasteiger partial charge in [0.1, 0.15) is 5.75 Å². The van der Waals surface area contributed by atoms with E-state index >= 15 is 0 Å². The Bertz CT molecular complexity index is 1200. The van der Waals surface area contributed by atoms with E-state index in [-0.39, 0.29) is 0 Å². The van der Waals surface area contributed by atoms with E-state index in [1.807, 2.05) is 6.07 Å². The predicted octanol–water partition coefficient (Wildman–Crippen LogP) is 7.22. The zero-order valence-corrected chi connectivity index (χ0v) is 16.4. The lowest BCUT2D eigenvalue weighted by Crippen LogP contribution is -2.29. The molecule has 3 aromatic carbocycles. The van der Waals surface area contributed by atoms with Gasteiger partial charge in [-0.2, -0.15) is 0 Å². The summed E-state index contributed by atoms with van der Waals surface area (Å²) in [4.78, 5) is 2.47. The zero-order valence-electron chi connectivity index (χ0n) is 15.6. The summed E-state index contributed by atoms with van der Waals surface area (Å²) in [6.07, 6.45) is 8.71. The van der Waals surface area contributed by atoms with Gasteiger partial charge in [0.15, 0.2) is 5.60 Å². The van der Waals surface area contributed by atoms with Crippen LogP contribution < -0.4 is 4.74 Å². The molecule has 0 saturated heterocycles. The van der Waals surface area contributed by atoms with Crippen LogP contribution in [0.3, 0.4) is 0 Å². The molecule has 0 radical (unpaired) electrons. The molecule has 0 fully saturated rings. The SMILES string of the molecule is Cc1ccc(C2(/C=C/c3ccccc3)C=Cc3c(ccc4ccccc34)O2)s1. The van der Waals surface area contributed by atoms with Crippen LogP contribution in [0, 0.1) is 6.92 Å². The van der Waals surface area contributed by atoms with E-state index in [2.05, 4.69) is 104 Å². The van der Waals surface area contributed by atoms with E-state index in [1.165, 1.54) is 20.5 Å². The summed E-state index contributed by atoms with van der Waals surface area (Å²) in [6.45, 7) is 2.14. The van der Waals surface area contributed by atoms with Gasteiger partial charge >= 0.3 is 0 Å². The second kappa shape index (κ2) is 6.81. The van der Waals surface area contributed by atoms with Crippen molar-refractivity contribution in [2.75, 3.05) is 0 Å². The van der Waals surface area contributed by atoms with Crippen molar-refractivity contribution in [3.8, 4) is 5.75 Å². The third-order valence-electron chi connectivity index (χ3n) is 5.16. The lowest BCUT2D eigenvalue weighted by atomic mass is 9.93. The third kappa shape index (κ3) is 2.96. The van der Waals surface area contributed by atoms with Crippen LogP contribution in [0.5, 0.6) is 5.75 Å². The summed E-state index contributed by atoms with van der Waals surface area (Å²) in [7, 11) is 0. The quantitative estimate of drug-likeness (QED) is 0.364. The summed E-state index contributed by atoms with van der Waals surface area (Å²) >= 11 is 1.78. The first kappa shape index (κ1) is 17.0. The topological polar surface area (TPSA) is 9.23 Å². The molecule has 1 unspecified atom stereocenters. The van der Waals surface area contributed by atoms with Gasteiger partial charge in [0.2, 0.25) is 0 Å². The minimum absolute atomic E-state index is 0.593. The smallest absolute Gasteiger partial charge is 0.180 e. The van der Waals surface area contributed by atoms with Crippen molar-refractivity contribution in [1.29, 1.82) is 0 Å². The second-order valence-electron chi connectivity index (χ2n) is 7.08. The first-order valence-corrected chi connectivity index (χ1v) is 10.3. The Labute approximate surface area is 169 Å². The first-order chi connectivity index (χ1) is 13.7. The van der Waals surface area contributed by atoms with E-state index < -0.39 is 5.60 Å².